The normalized spacial score (nSPS) is 16.7. The highest BCUT2D eigenvalue weighted by molar-refractivity contribution is 5.88. The smallest absolute Gasteiger partial charge is 0.222 e. The third-order valence-electron chi connectivity index (χ3n) is 5.52. The minimum Gasteiger partial charge on any atom is -0.392 e. The Morgan fingerprint density at radius 3 is 2.73 bits per heavy atom. The molecule has 26 heavy (non-hydrogen) atoms. The van der Waals surface area contributed by atoms with Crippen LogP contribution in [0.15, 0.2) is 18.2 Å². The maximum Gasteiger partial charge on any atom is 0.222 e. The number of fused-ring (bicyclic) bond motifs is 3. The average Bonchev–Trinajstić information content (AvgIpc) is 2.67. The van der Waals surface area contributed by atoms with Crippen molar-refractivity contribution < 1.29 is 9.90 Å². The van der Waals surface area contributed by atoms with Crippen molar-refractivity contribution in [2.45, 2.75) is 64.4 Å². The predicted octanol–water partition coefficient (Wildman–Crippen LogP) is 3.74. The molecule has 1 fully saturated rings. The van der Waals surface area contributed by atoms with Crippen molar-refractivity contribution in [2.75, 3.05) is 5.32 Å². The molecule has 0 atom stereocenters. The van der Waals surface area contributed by atoms with Crippen molar-refractivity contribution in [2.24, 2.45) is 0 Å². The van der Waals surface area contributed by atoms with E-state index in [2.05, 4.69) is 17.4 Å². The fraction of sp³-hybridized carbons (Fsp3) is 0.476. The zero-order valence-electron chi connectivity index (χ0n) is 15.2. The summed E-state index contributed by atoms with van der Waals surface area (Å²) in [5.74, 6) is 0.921. The zero-order valence-corrected chi connectivity index (χ0v) is 15.2. The van der Waals surface area contributed by atoms with Crippen LogP contribution in [0.5, 0.6) is 0 Å². The lowest BCUT2D eigenvalue weighted by atomic mass is 9.85. The van der Waals surface area contributed by atoms with E-state index < -0.39 is 0 Å². The molecule has 0 unspecified atom stereocenters. The number of anilines is 1. The van der Waals surface area contributed by atoms with Gasteiger partial charge in [0.15, 0.2) is 5.82 Å². The van der Waals surface area contributed by atoms with Crippen LogP contribution >= 0.6 is 0 Å². The van der Waals surface area contributed by atoms with Gasteiger partial charge in [0.25, 0.3) is 0 Å². The molecule has 0 aliphatic heterocycles. The van der Waals surface area contributed by atoms with Gasteiger partial charge < -0.3 is 10.4 Å². The van der Waals surface area contributed by atoms with Gasteiger partial charge in [-0.3, -0.25) is 4.79 Å². The summed E-state index contributed by atoms with van der Waals surface area (Å²) in [6.07, 6.45) is 7.59. The molecule has 0 saturated heterocycles. The number of hydrogen-bond acceptors (Lipinski definition) is 4. The van der Waals surface area contributed by atoms with Crippen LogP contribution < -0.4 is 5.32 Å². The molecule has 0 radical (unpaired) electrons. The third kappa shape index (κ3) is 3.23. The molecule has 5 nitrogen and oxygen atoms in total. The van der Waals surface area contributed by atoms with E-state index in [1.165, 1.54) is 31.7 Å². The molecule has 2 aromatic rings. The fourth-order valence-corrected chi connectivity index (χ4v) is 4.23. The van der Waals surface area contributed by atoms with Crippen LogP contribution in [0.3, 0.4) is 0 Å². The number of nitrogens with one attached hydrogen (secondary N) is 1. The number of rotatable bonds is 3. The van der Waals surface area contributed by atoms with Crippen LogP contribution in [-0.2, 0) is 24.2 Å². The molecule has 4 rings (SSSR count). The van der Waals surface area contributed by atoms with Gasteiger partial charge in [0.2, 0.25) is 5.91 Å². The van der Waals surface area contributed by atoms with E-state index in [9.17, 15) is 9.90 Å². The first-order valence-corrected chi connectivity index (χ1v) is 9.57. The summed E-state index contributed by atoms with van der Waals surface area (Å²) in [6, 6.07) is 6.08. The number of benzene rings is 1. The lowest BCUT2D eigenvalue weighted by Gasteiger charge is -2.26. The van der Waals surface area contributed by atoms with E-state index in [1.807, 2.05) is 6.07 Å². The molecule has 0 spiro atoms. The molecule has 136 valence electrons. The molecule has 1 saturated carbocycles. The first-order valence-electron chi connectivity index (χ1n) is 9.57. The Hall–Kier alpha value is -2.27. The molecule has 2 aliphatic rings. The quantitative estimate of drug-likeness (QED) is 0.883. The minimum atomic E-state index is -0.0971. The number of aliphatic hydroxyl groups excluding tert-OH is 1. The van der Waals surface area contributed by atoms with Crippen molar-refractivity contribution in [3.8, 4) is 11.3 Å². The van der Waals surface area contributed by atoms with Crippen molar-refractivity contribution in [1.82, 2.24) is 9.97 Å². The zero-order chi connectivity index (χ0) is 18.1. The largest absolute Gasteiger partial charge is 0.392 e. The van der Waals surface area contributed by atoms with E-state index in [0.717, 1.165) is 53.9 Å². The summed E-state index contributed by atoms with van der Waals surface area (Å²) in [7, 11) is 0. The Kier molecular flexibility index (Phi) is 4.72. The lowest BCUT2D eigenvalue weighted by Crippen LogP contribution is -2.19. The molecule has 0 bridgehead atoms. The second-order valence-corrected chi connectivity index (χ2v) is 7.42. The molecular weight excluding hydrogens is 326 g/mol. The number of aromatic nitrogens is 2. The van der Waals surface area contributed by atoms with E-state index in [4.69, 9.17) is 9.97 Å². The number of nitrogens with zero attached hydrogens (tertiary/aromatic N) is 2. The Balaban J connectivity index is 1.81. The van der Waals surface area contributed by atoms with Crippen LogP contribution in [-0.4, -0.2) is 21.0 Å². The van der Waals surface area contributed by atoms with Gasteiger partial charge in [0.05, 0.1) is 23.7 Å². The van der Waals surface area contributed by atoms with E-state index in [0.29, 0.717) is 11.7 Å². The number of aryl methyl sites for hydroxylation is 2. The van der Waals surface area contributed by atoms with Crippen molar-refractivity contribution in [3.63, 3.8) is 0 Å². The third-order valence-corrected chi connectivity index (χ3v) is 5.52. The van der Waals surface area contributed by atoms with Gasteiger partial charge in [-0.1, -0.05) is 37.5 Å². The maximum absolute atomic E-state index is 11.7. The Bertz CT molecular complexity index is 841. The maximum atomic E-state index is 11.7. The topological polar surface area (TPSA) is 75.1 Å². The predicted molar refractivity (Wildman–Crippen MR) is 101 cm³/mol. The van der Waals surface area contributed by atoms with E-state index in [-0.39, 0.29) is 12.5 Å². The van der Waals surface area contributed by atoms with Gasteiger partial charge in [-0.2, -0.15) is 0 Å². The molecule has 2 N–H and O–H groups in total. The fourth-order valence-electron chi connectivity index (χ4n) is 4.23. The molecule has 2 aliphatic carbocycles. The lowest BCUT2D eigenvalue weighted by molar-refractivity contribution is -0.114. The van der Waals surface area contributed by atoms with Crippen LogP contribution in [0.2, 0.25) is 0 Å². The first kappa shape index (κ1) is 17.2. The SMILES string of the molecule is CC(=O)Nc1nc2c(nc1C1CCCCC1)-c1ccc(CO)cc1CC2. The highest BCUT2D eigenvalue weighted by Gasteiger charge is 2.26. The standard InChI is InChI=1S/C21H25N3O2/c1-13(26)22-21-19(15-5-3-2-4-6-15)24-20-17-9-7-14(12-25)11-16(17)8-10-18(20)23-21/h7,9,11,15,25H,2-6,8,10,12H2,1H3,(H,22,23,26). The minimum absolute atomic E-state index is 0.0562. The number of amides is 1. The number of carbonyl (C=O) groups is 1. The molecule has 1 amide bonds. The van der Waals surface area contributed by atoms with Crippen molar-refractivity contribution in [1.29, 1.82) is 0 Å². The first-order chi connectivity index (χ1) is 12.7. The van der Waals surface area contributed by atoms with Crippen LogP contribution in [0.1, 0.15) is 67.5 Å². The molecule has 1 heterocycles. The van der Waals surface area contributed by atoms with Gasteiger partial charge in [-0.15, -0.1) is 0 Å². The van der Waals surface area contributed by atoms with Crippen molar-refractivity contribution in [3.05, 3.63) is 40.7 Å². The second kappa shape index (κ2) is 7.16. The van der Waals surface area contributed by atoms with E-state index in [1.54, 1.807) is 0 Å². The summed E-state index contributed by atoms with van der Waals surface area (Å²) in [6.45, 7) is 1.58. The molecule has 1 aromatic heterocycles. The molecule has 1 aromatic carbocycles. The Labute approximate surface area is 153 Å². The molecule has 5 heteroatoms. The van der Waals surface area contributed by atoms with Crippen LogP contribution in [0.4, 0.5) is 5.82 Å². The summed E-state index contributed by atoms with van der Waals surface area (Å²) in [5, 5.41) is 12.3. The van der Waals surface area contributed by atoms with E-state index >= 15 is 0 Å². The van der Waals surface area contributed by atoms with Gasteiger partial charge in [0, 0.05) is 18.4 Å². The van der Waals surface area contributed by atoms with Gasteiger partial charge in [0.1, 0.15) is 0 Å². The van der Waals surface area contributed by atoms with Crippen LogP contribution in [0, 0.1) is 0 Å². The summed E-state index contributed by atoms with van der Waals surface area (Å²) >= 11 is 0. The average molecular weight is 351 g/mol. The Morgan fingerprint density at radius 2 is 2.00 bits per heavy atom. The number of aliphatic hydroxyl groups is 1. The molecular formula is C21H25N3O2. The van der Waals surface area contributed by atoms with Gasteiger partial charge in [-0.05, 0) is 36.8 Å². The van der Waals surface area contributed by atoms with Gasteiger partial charge in [-0.25, -0.2) is 9.97 Å². The summed E-state index contributed by atoms with van der Waals surface area (Å²) in [5.41, 5.74) is 6.12. The highest BCUT2D eigenvalue weighted by atomic mass is 16.3. The highest BCUT2D eigenvalue weighted by Crippen LogP contribution is 2.39. The Morgan fingerprint density at radius 1 is 1.19 bits per heavy atom. The summed E-state index contributed by atoms with van der Waals surface area (Å²) in [4.78, 5) is 21.6. The summed E-state index contributed by atoms with van der Waals surface area (Å²) < 4.78 is 0. The van der Waals surface area contributed by atoms with Crippen LogP contribution in [0.25, 0.3) is 11.3 Å². The monoisotopic (exact) mass is 351 g/mol. The van der Waals surface area contributed by atoms with Gasteiger partial charge >= 0.3 is 0 Å². The number of hydrogen-bond donors (Lipinski definition) is 2. The van der Waals surface area contributed by atoms with Crippen molar-refractivity contribution >= 4 is 11.7 Å². The second-order valence-electron chi connectivity index (χ2n) is 7.42. The number of carbonyl (C=O) groups excluding carboxylic acids is 1.